The van der Waals surface area contributed by atoms with Crippen molar-refractivity contribution in [1.29, 1.82) is 0 Å². The van der Waals surface area contributed by atoms with Gasteiger partial charge in [0.1, 0.15) is 5.78 Å². The SMILES string of the molecule is CCc1ccc(CC(=O)C2CCCC2(C)C)s1. The van der Waals surface area contributed by atoms with Crippen LogP contribution in [0.3, 0.4) is 0 Å². The Morgan fingerprint density at radius 3 is 2.65 bits per heavy atom. The molecule has 17 heavy (non-hydrogen) atoms. The molecule has 1 aromatic heterocycles. The molecule has 1 atom stereocenters. The number of carbonyl (C=O) groups excluding carboxylic acids is 1. The van der Waals surface area contributed by atoms with Gasteiger partial charge in [-0.2, -0.15) is 0 Å². The van der Waals surface area contributed by atoms with Crippen molar-refractivity contribution in [2.75, 3.05) is 0 Å². The summed E-state index contributed by atoms with van der Waals surface area (Å²) in [5.74, 6) is 0.742. The summed E-state index contributed by atoms with van der Waals surface area (Å²) < 4.78 is 0. The third-order valence-corrected chi connectivity index (χ3v) is 5.29. The van der Waals surface area contributed by atoms with E-state index >= 15 is 0 Å². The van der Waals surface area contributed by atoms with Crippen molar-refractivity contribution in [1.82, 2.24) is 0 Å². The van der Waals surface area contributed by atoms with Crippen LogP contribution < -0.4 is 0 Å². The average molecular weight is 250 g/mol. The minimum absolute atomic E-state index is 0.224. The van der Waals surface area contributed by atoms with E-state index < -0.39 is 0 Å². The van der Waals surface area contributed by atoms with Crippen molar-refractivity contribution in [2.45, 2.75) is 52.9 Å². The van der Waals surface area contributed by atoms with Crippen molar-refractivity contribution in [3.05, 3.63) is 21.9 Å². The molecule has 1 saturated carbocycles. The normalized spacial score (nSPS) is 22.9. The molecule has 0 amide bonds. The Kier molecular flexibility index (Phi) is 3.72. The van der Waals surface area contributed by atoms with Gasteiger partial charge in [0.15, 0.2) is 0 Å². The topological polar surface area (TPSA) is 17.1 Å². The first kappa shape index (κ1) is 12.8. The molecule has 0 spiro atoms. The number of hydrogen-bond acceptors (Lipinski definition) is 2. The molecule has 1 unspecified atom stereocenters. The Hall–Kier alpha value is -0.630. The van der Waals surface area contributed by atoms with E-state index in [4.69, 9.17) is 0 Å². The molecule has 2 rings (SSSR count). The molecular formula is C15H22OS. The molecule has 0 aliphatic heterocycles. The highest BCUT2D eigenvalue weighted by molar-refractivity contribution is 7.12. The standard InChI is InChI=1S/C15H22OS/c1-4-11-7-8-12(17-11)10-14(16)13-6-5-9-15(13,2)3/h7-8,13H,4-6,9-10H2,1-3H3. The van der Waals surface area contributed by atoms with Gasteiger partial charge < -0.3 is 0 Å². The summed E-state index contributed by atoms with van der Waals surface area (Å²) in [5.41, 5.74) is 0.224. The van der Waals surface area contributed by atoms with Crippen LogP contribution in [0.25, 0.3) is 0 Å². The summed E-state index contributed by atoms with van der Waals surface area (Å²) >= 11 is 1.80. The highest BCUT2D eigenvalue weighted by Gasteiger charge is 2.38. The molecule has 1 aliphatic carbocycles. The van der Waals surface area contributed by atoms with Gasteiger partial charge in [-0.05, 0) is 36.8 Å². The fourth-order valence-electron chi connectivity index (χ4n) is 2.93. The lowest BCUT2D eigenvalue weighted by Gasteiger charge is -2.25. The second-order valence-electron chi connectivity index (χ2n) is 5.80. The fraction of sp³-hybridized carbons (Fsp3) is 0.667. The van der Waals surface area contributed by atoms with Gasteiger partial charge in [-0.15, -0.1) is 11.3 Å². The molecule has 0 saturated heterocycles. The van der Waals surface area contributed by atoms with Gasteiger partial charge in [-0.3, -0.25) is 4.79 Å². The minimum atomic E-state index is 0.224. The van der Waals surface area contributed by atoms with Crippen LogP contribution in [0.1, 0.15) is 49.8 Å². The van der Waals surface area contributed by atoms with E-state index in [1.807, 2.05) is 0 Å². The zero-order valence-electron chi connectivity index (χ0n) is 11.1. The Balaban J connectivity index is 2.01. The van der Waals surface area contributed by atoms with E-state index in [0.29, 0.717) is 12.2 Å². The molecule has 0 aromatic carbocycles. The Labute approximate surface area is 108 Å². The smallest absolute Gasteiger partial charge is 0.141 e. The van der Waals surface area contributed by atoms with Crippen molar-refractivity contribution >= 4 is 17.1 Å². The molecule has 0 N–H and O–H groups in total. The number of carbonyl (C=O) groups is 1. The summed E-state index contributed by atoms with van der Waals surface area (Å²) in [5, 5.41) is 0. The van der Waals surface area contributed by atoms with Crippen LogP contribution in [0, 0.1) is 11.3 Å². The molecular weight excluding hydrogens is 228 g/mol. The van der Waals surface area contributed by atoms with Gasteiger partial charge in [0.2, 0.25) is 0 Å². The number of thiophene rings is 1. The van der Waals surface area contributed by atoms with Gasteiger partial charge >= 0.3 is 0 Å². The Morgan fingerprint density at radius 1 is 1.41 bits per heavy atom. The summed E-state index contributed by atoms with van der Waals surface area (Å²) in [4.78, 5) is 15.0. The molecule has 1 fully saturated rings. The maximum absolute atomic E-state index is 12.3. The minimum Gasteiger partial charge on any atom is -0.299 e. The van der Waals surface area contributed by atoms with Crippen molar-refractivity contribution in [3.63, 3.8) is 0 Å². The summed E-state index contributed by atoms with van der Waals surface area (Å²) in [7, 11) is 0. The third kappa shape index (κ3) is 2.79. The number of ketones is 1. The second kappa shape index (κ2) is 4.93. The lowest BCUT2D eigenvalue weighted by molar-refractivity contribution is -0.124. The van der Waals surface area contributed by atoms with Crippen LogP contribution >= 0.6 is 11.3 Å². The van der Waals surface area contributed by atoms with Gasteiger partial charge in [-0.25, -0.2) is 0 Å². The van der Waals surface area contributed by atoms with Gasteiger partial charge in [0.25, 0.3) is 0 Å². The highest BCUT2D eigenvalue weighted by Crippen LogP contribution is 2.43. The van der Waals surface area contributed by atoms with Crippen molar-refractivity contribution < 1.29 is 4.79 Å². The van der Waals surface area contributed by atoms with E-state index in [-0.39, 0.29) is 11.3 Å². The maximum Gasteiger partial charge on any atom is 0.141 e. The average Bonchev–Trinajstić information content (AvgIpc) is 2.84. The fourth-order valence-corrected chi connectivity index (χ4v) is 3.89. The lowest BCUT2D eigenvalue weighted by atomic mass is 9.78. The van der Waals surface area contributed by atoms with E-state index in [2.05, 4.69) is 32.9 Å². The quantitative estimate of drug-likeness (QED) is 0.781. The molecule has 2 heteroatoms. The number of Topliss-reactive ketones (excluding diaryl/α,β-unsaturated/α-hetero) is 1. The van der Waals surface area contributed by atoms with Crippen LogP contribution in [0.4, 0.5) is 0 Å². The van der Waals surface area contributed by atoms with Crippen LogP contribution in [0.2, 0.25) is 0 Å². The molecule has 0 bridgehead atoms. The number of hydrogen-bond donors (Lipinski definition) is 0. The van der Waals surface area contributed by atoms with E-state index in [9.17, 15) is 4.79 Å². The van der Waals surface area contributed by atoms with Gasteiger partial charge in [0.05, 0.1) is 0 Å². The van der Waals surface area contributed by atoms with E-state index in [0.717, 1.165) is 12.8 Å². The maximum atomic E-state index is 12.3. The zero-order valence-corrected chi connectivity index (χ0v) is 11.9. The monoisotopic (exact) mass is 250 g/mol. The molecule has 94 valence electrons. The third-order valence-electron chi connectivity index (χ3n) is 4.06. The van der Waals surface area contributed by atoms with E-state index in [1.54, 1.807) is 11.3 Å². The Bertz CT molecular complexity index is 403. The molecule has 1 aromatic rings. The Morgan fingerprint density at radius 2 is 2.12 bits per heavy atom. The van der Waals surface area contributed by atoms with Crippen molar-refractivity contribution in [3.8, 4) is 0 Å². The molecule has 1 aliphatic rings. The van der Waals surface area contributed by atoms with Crippen LogP contribution in [0.5, 0.6) is 0 Å². The van der Waals surface area contributed by atoms with Gasteiger partial charge in [-0.1, -0.05) is 27.2 Å². The van der Waals surface area contributed by atoms with Crippen LogP contribution in [0.15, 0.2) is 12.1 Å². The molecule has 1 nitrogen and oxygen atoms in total. The molecule has 0 radical (unpaired) electrons. The van der Waals surface area contributed by atoms with E-state index in [1.165, 1.54) is 22.6 Å². The summed E-state index contributed by atoms with van der Waals surface area (Å²) in [6.07, 6.45) is 5.24. The van der Waals surface area contributed by atoms with Crippen LogP contribution in [-0.2, 0) is 17.6 Å². The molecule has 1 heterocycles. The van der Waals surface area contributed by atoms with Crippen molar-refractivity contribution in [2.24, 2.45) is 11.3 Å². The zero-order chi connectivity index (χ0) is 12.5. The first-order chi connectivity index (χ1) is 8.03. The predicted octanol–water partition coefficient (Wildman–Crippen LogP) is 4.25. The predicted molar refractivity (Wildman–Crippen MR) is 73.5 cm³/mol. The summed E-state index contributed by atoms with van der Waals surface area (Å²) in [6.45, 7) is 6.65. The highest BCUT2D eigenvalue weighted by atomic mass is 32.1. The second-order valence-corrected chi connectivity index (χ2v) is 7.05. The first-order valence-corrected chi connectivity index (χ1v) is 7.45. The number of rotatable bonds is 4. The number of aryl methyl sites for hydroxylation is 1. The first-order valence-electron chi connectivity index (χ1n) is 6.63. The summed E-state index contributed by atoms with van der Waals surface area (Å²) in [6, 6.07) is 4.29. The lowest BCUT2D eigenvalue weighted by Crippen LogP contribution is -2.26. The van der Waals surface area contributed by atoms with Gasteiger partial charge in [0, 0.05) is 22.1 Å². The largest absolute Gasteiger partial charge is 0.299 e. The van der Waals surface area contributed by atoms with Crippen LogP contribution in [-0.4, -0.2) is 5.78 Å².